The molecule has 0 aliphatic rings. The van der Waals surface area contributed by atoms with Crippen molar-refractivity contribution in [2.24, 2.45) is 0 Å². The van der Waals surface area contributed by atoms with Gasteiger partial charge in [0, 0.05) is 16.6 Å². The fourth-order valence-corrected chi connectivity index (χ4v) is 2.85. The SMILES string of the molecule is CCOC(=O)c1cnc2c(C)cc(Cl)cc2c1NCc1ccco1. The molecule has 0 unspecified atom stereocenters. The molecule has 0 atom stereocenters. The highest BCUT2D eigenvalue weighted by Gasteiger charge is 2.18. The van der Waals surface area contributed by atoms with Crippen molar-refractivity contribution < 1.29 is 13.9 Å². The number of carbonyl (C=O) groups excluding carboxylic acids is 1. The standard InChI is InChI=1S/C18H17ClN2O3/c1-3-23-18(22)15-10-21-16-11(2)7-12(19)8-14(16)17(15)20-9-13-5-4-6-24-13/h4-8,10H,3,9H2,1-2H3,(H,20,21). The van der Waals surface area contributed by atoms with Gasteiger partial charge in [-0.3, -0.25) is 4.98 Å². The molecule has 1 aromatic carbocycles. The van der Waals surface area contributed by atoms with E-state index in [0.29, 0.717) is 29.4 Å². The van der Waals surface area contributed by atoms with Gasteiger partial charge in [0.15, 0.2) is 0 Å². The molecule has 2 aromatic heterocycles. The first kappa shape index (κ1) is 16.3. The molecule has 0 aliphatic heterocycles. The number of nitrogens with zero attached hydrogens (tertiary/aromatic N) is 1. The summed E-state index contributed by atoms with van der Waals surface area (Å²) < 4.78 is 10.5. The smallest absolute Gasteiger partial charge is 0.341 e. The molecule has 0 saturated carbocycles. The Balaban J connectivity index is 2.11. The summed E-state index contributed by atoms with van der Waals surface area (Å²) in [5, 5.41) is 4.62. The van der Waals surface area contributed by atoms with Crippen LogP contribution in [0.2, 0.25) is 5.02 Å². The van der Waals surface area contributed by atoms with Gasteiger partial charge in [-0.2, -0.15) is 0 Å². The third kappa shape index (κ3) is 3.21. The maximum absolute atomic E-state index is 12.3. The maximum atomic E-state index is 12.3. The number of halogens is 1. The molecule has 3 rings (SSSR count). The summed E-state index contributed by atoms with van der Waals surface area (Å²) in [5.41, 5.74) is 2.74. The quantitative estimate of drug-likeness (QED) is 0.686. The topological polar surface area (TPSA) is 64.4 Å². The van der Waals surface area contributed by atoms with Crippen LogP contribution in [-0.4, -0.2) is 17.6 Å². The maximum Gasteiger partial charge on any atom is 0.341 e. The molecule has 0 radical (unpaired) electrons. The molecule has 0 amide bonds. The Morgan fingerprint density at radius 1 is 1.42 bits per heavy atom. The fraction of sp³-hybridized carbons (Fsp3) is 0.222. The molecule has 0 bridgehead atoms. The third-order valence-electron chi connectivity index (χ3n) is 3.64. The molecule has 1 N–H and O–H groups in total. The van der Waals surface area contributed by atoms with Gasteiger partial charge < -0.3 is 14.5 Å². The van der Waals surface area contributed by atoms with Crippen molar-refractivity contribution in [3.8, 4) is 0 Å². The van der Waals surface area contributed by atoms with Crippen LogP contribution in [-0.2, 0) is 11.3 Å². The number of benzene rings is 1. The Labute approximate surface area is 144 Å². The minimum atomic E-state index is -0.425. The molecular weight excluding hydrogens is 328 g/mol. The summed E-state index contributed by atoms with van der Waals surface area (Å²) in [6.07, 6.45) is 3.14. The van der Waals surface area contributed by atoms with Gasteiger partial charge in [0.2, 0.25) is 0 Å². The molecule has 2 heterocycles. The fourth-order valence-electron chi connectivity index (χ4n) is 2.58. The van der Waals surface area contributed by atoms with Gasteiger partial charge in [-0.25, -0.2) is 4.79 Å². The predicted molar refractivity (Wildman–Crippen MR) is 93.5 cm³/mol. The number of fused-ring (bicyclic) bond motifs is 1. The normalized spacial score (nSPS) is 10.8. The van der Waals surface area contributed by atoms with Crippen molar-refractivity contribution in [1.29, 1.82) is 0 Å². The van der Waals surface area contributed by atoms with E-state index in [2.05, 4.69) is 10.3 Å². The molecule has 3 aromatic rings. The highest BCUT2D eigenvalue weighted by atomic mass is 35.5. The van der Waals surface area contributed by atoms with E-state index in [1.165, 1.54) is 6.20 Å². The molecule has 124 valence electrons. The van der Waals surface area contributed by atoms with E-state index in [9.17, 15) is 4.79 Å². The Morgan fingerprint density at radius 3 is 2.96 bits per heavy atom. The molecule has 5 nitrogen and oxygen atoms in total. The van der Waals surface area contributed by atoms with Crippen molar-refractivity contribution in [3.63, 3.8) is 0 Å². The number of hydrogen-bond acceptors (Lipinski definition) is 5. The van der Waals surface area contributed by atoms with Crippen LogP contribution >= 0.6 is 11.6 Å². The van der Waals surface area contributed by atoms with Crippen LogP contribution in [0.25, 0.3) is 10.9 Å². The van der Waals surface area contributed by atoms with Gasteiger partial charge in [-0.05, 0) is 43.7 Å². The van der Waals surface area contributed by atoms with Gasteiger partial charge in [0.1, 0.15) is 11.3 Å². The van der Waals surface area contributed by atoms with Crippen molar-refractivity contribution in [2.75, 3.05) is 11.9 Å². The summed E-state index contributed by atoms with van der Waals surface area (Å²) in [5.74, 6) is 0.333. The van der Waals surface area contributed by atoms with E-state index in [1.54, 1.807) is 19.3 Å². The summed E-state index contributed by atoms with van der Waals surface area (Å²) in [7, 11) is 0. The monoisotopic (exact) mass is 344 g/mol. The van der Waals surface area contributed by atoms with Crippen LogP contribution in [0.5, 0.6) is 0 Å². The molecule has 0 spiro atoms. The van der Waals surface area contributed by atoms with Crippen LogP contribution in [0.3, 0.4) is 0 Å². The minimum absolute atomic E-state index is 0.295. The molecule has 0 saturated heterocycles. The highest BCUT2D eigenvalue weighted by molar-refractivity contribution is 6.31. The van der Waals surface area contributed by atoms with Crippen molar-refractivity contribution >= 4 is 34.2 Å². The van der Waals surface area contributed by atoms with Crippen LogP contribution in [0, 0.1) is 6.92 Å². The summed E-state index contributed by atoms with van der Waals surface area (Å²) in [4.78, 5) is 16.7. The number of furan rings is 1. The first-order valence-electron chi connectivity index (χ1n) is 7.62. The Bertz CT molecular complexity index is 876. The van der Waals surface area contributed by atoms with Crippen LogP contribution < -0.4 is 5.32 Å². The second-order valence-corrected chi connectivity index (χ2v) is 5.76. The minimum Gasteiger partial charge on any atom is -0.467 e. The number of esters is 1. The number of anilines is 1. The summed E-state index contributed by atoms with van der Waals surface area (Å²) in [6, 6.07) is 7.31. The van der Waals surface area contributed by atoms with Gasteiger partial charge in [0.05, 0.1) is 30.6 Å². The van der Waals surface area contributed by atoms with Crippen LogP contribution in [0.1, 0.15) is 28.6 Å². The number of aromatic nitrogens is 1. The van der Waals surface area contributed by atoms with Gasteiger partial charge in [-0.15, -0.1) is 0 Å². The molecule has 6 heteroatoms. The van der Waals surface area contributed by atoms with Gasteiger partial charge in [-0.1, -0.05) is 11.6 Å². The molecular formula is C18H17ClN2O3. The van der Waals surface area contributed by atoms with Crippen molar-refractivity contribution in [2.45, 2.75) is 20.4 Å². The lowest BCUT2D eigenvalue weighted by molar-refractivity contribution is 0.0527. The number of carbonyl (C=O) groups is 1. The second-order valence-electron chi connectivity index (χ2n) is 5.32. The predicted octanol–water partition coefficient (Wildman–Crippen LogP) is 4.58. The number of hydrogen-bond donors (Lipinski definition) is 1. The lowest BCUT2D eigenvalue weighted by atomic mass is 10.1. The molecule has 24 heavy (non-hydrogen) atoms. The van der Waals surface area contributed by atoms with E-state index < -0.39 is 5.97 Å². The number of nitrogens with one attached hydrogen (secondary N) is 1. The average Bonchev–Trinajstić information content (AvgIpc) is 3.06. The molecule has 0 fully saturated rings. The largest absolute Gasteiger partial charge is 0.467 e. The Kier molecular flexibility index (Phi) is 4.71. The number of pyridine rings is 1. The Morgan fingerprint density at radius 2 is 2.25 bits per heavy atom. The zero-order chi connectivity index (χ0) is 17.1. The Hall–Kier alpha value is -2.53. The van der Waals surface area contributed by atoms with Crippen LogP contribution in [0.4, 0.5) is 5.69 Å². The number of ether oxygens (including phenoxy) is 1. The van der Waals surface area contributed by atoms with Crippen molar-refractivity contribution in [1.82, 2.24) is 4.98 Å². The highest BCUT2D eigenvalue weighted by Crippen LogP contribution is 2.31. The second kappa shape index (κ2) is 6.93. The van der Waals surface area contributed by atoms with E-state index >= 15 is 0 Å². The van der Waals surface area contributed by atoms with E-state index in [1.807, 2.05) is 25.1 Å². The first-order chi connectivity index (χ1) is 11.6. The van der Waals surface area contributed by atoms with Gasteiger partial charge in [0.25, 0.3) is 0 Å². The summed E-state index contributed by atoms with van der Waals surface area (Å²) in [6.45, 7) is 4.43. The number of rotatable bonds is 5. The summed E-state index contributed by atoms with van der Waals surface area (Å²) >= 11 is 6.20. The zero-order valence-corrected chi connectivity index (χ0v) is 14.2. The van der Waals surface area contributed by atoms with Gasteiger partial charge >= 0.3 is 5.97 Å². The lowest BCUT2D eigenvalue weighted by Crippen LogP contribution is -2.11. The average molecular weight is 345 g/mol. The van der Waals surface area contributed by atoms with Crippen molar-refractivity contribution in [3.05, 3.63) is 58.6 Å². The first-order valence-corrected chi connectivity index (χ1v) is 8.00. The lowest BCUT2D eigenvalue weighted by Gasteiger charge is -2.14. The molecule has 0 aliphatic carbocycles. The third-order valence-corrected chi connectivity index (χ3v) is 3.86. The van der Waals surface area contributed by atoms with E-state index in [4.69, 9.17) is 20.8 Å². The zero-order valence-electron chi connectivity index (χ0n) is 13.4. The van der Waals surface area contributed by atoms with Crippen LogP contribution in [0.15, 0.2) is 41.1 Å². The van der Waals surface area contributed by atoms with E-state index in [0.717, 1.165) is 22.2 Å². The van der Waals surface area contributed by atoms with E-state index in [-0.39, 0.29) is 0 Å². The number of aryl methyl sites for hydroxylation is 1.